The molecule has 1 atom stereocenters. The van der Waals surface area contributed by atoms with E-state index in [9.17, 15) is 14.4 Å². The monoisotopic (exact) mass is 474 g/mol. The maximum atomic E-state index is 12.6. The van der Waals surface area contributed by atoms with Crippen LogP contribution in [0.1, 0.15) is 53.7 Å². The molecule has 2 heterocycles. The first-order chi connectivity index (χ1) is 17.0. The van der Waals surface area contributed by atoms with Gasteiger partial charge in [0.2, 0.25) is 5.91 Å². The Hall–Kier alpha value is -4.27. The largest absolute Gasteiger partial charge is 0.348 e. The minimum Gasteiger partial charge on any atom is -0.348 e. The van der Waals surface area contributed by atoms with Crippen LogP contribution in [-0.2, 0) is 11.3 Å². The highest BCUT2D eigenvalue weighted by Crippen LogP contribution is 2.18. The predicted octanol–water partition coefficient (Wildman–Crippen LogP) is 3.58. The summed E-state index contributed by atoms with van der Waals surface area (Å²) in [7, 11) is 0. The van der Waals surface area contributed by atoms with Crippen LogP contribution in [0.4, 0.5) is 10.5 Å². The van der Waals surface area contributed by atoms with Gasteiger partial charge in [0.05, 0.1) is 12.6 Å². The normalized spacial score (nSPS) is 11.2. The zero-order chi connectivity index (χ0) is 24.9. The van der Waals surface area contributed by atoms with Gasteiger partial charge in [-0.05, 0) is 53.9 Å². The van der Waals surface area contributed by atoms with Crippen LogP contribution in [0.15, 0.2) is 73.3 Å². The SMILES string of the molecule is CCCCC(NC(=O)CNC(=O)c1cccc(NC(=O)NCc2ccncc2)c1)c1cccnc1. The highest BCUT2D eigenvalue weighted by Gasteiger charge is 2.16. The van der Waals surface area contributed by atoms with Gasteiger partial charge in [-0.2, -0.15) is 0 Å². The number of nitrogens with one attached hydrogen (secondary N) is 4. The van der Waals surface area contributed by atoms with Crippen molar-refractivity contribution in [1.82, 2.24) is 25.9 Å². The second kappa shape index (κ2) is 13.4. The lowest BCUT2D eigenvalue weighted by Crippen LogP contribution is -2.38. The molecule has 0 radical (unpaired) electrons. The van der Waals surface area contributed by atoms with Crippen molar-refractivity contribution >= 4 is 23.5 Å². The maximum Gasteiger partial charge on any atom is 0.319 e. The Bertz CT molecular complexity index is 1110. The number of hydrogen-bond acceptors (Lipinski definition) is 5. The van der Waals surface area contributed by atoms with Gasteiger partial charge in [0.1, 0.15) is 0 Å². The van der Waals surface area contributed by atoms with E-state index < -0.39 is 11.9 Å². The van der Waals surface area contributed by atoms with E-state index in [1.807, 2.05) is 24.3 Å². The van der Waals surface area contributed by atoms with Gasteiger partial charge in [-0.15, -0.1) is 0 Å². The molecule has 0 aliphatic carbocycles. The molecule has 3 rings (SSSR count). The number of hydrogen-bond donors (Lipinski definition) is 4. The maximum absolute atomic E-state index is 12.6. The molecule has 0 bridgehead atoms. The number of benzene rings is 1. The van der Waals surface area contributed by atoms with E-state index in [2.05, 4.69) is 38.2 Å². The molecule has 182 valence electrons. The molecule has 3 aromatic rings. The molecule has 2 aromatic heterocycles. The van der Waals surface area contributed by atoms with E-state index in [4.69, 9.17) is 0 Å². The molecule has 4 amide bonds. The van der Waals surface area contributed by atoms with Gasteiger partial charge in [0.25, 0.3) is 5.91 Å². The average Bonchev–Trinajstić information content (AvgIpc) is 2.89. The molecule has 9 heteroatoms. The number of carbonyl (C=O) groups excluding carboxylic acids is 3. The van der Waals surface area contributed by atoms with Gasteiger partial charge in [-0.3, -0.25) is 19.6 Å². The zero-order valence-corrected chi connectivity index (χ0v) is 19.7. The predicted molar refractivity (Wildman–Crippen MR) is 134 cm³/mol. The van der Waals surface area contributed by atoms with Crippen LogP contribution in [0.2, 0.25) is 0 Å². The molecule has 0 aliphatic rings. The number of carbonyl (C=O) groups is 3. The molecule has 0 saturated heterocycles. The zero-order valence-electron chi connectivity index (χ0n) is 19.7. The van der Waals surface area contributed by atoms with Crippen LogP contribution in [0.25, 0.3) is 0 Å². The molecule has 9 nitrogen and oxygen atoms in total. The molecule has 0 fully saturated rings. The minimum atomic E-state index is -0.410. The summed E-state index contributed by atoms with van der Waals surface area (Å²) >= 11 is 0. The Labute approximate surface area is 204 Å². The highest BCUT2D eigenvalue weighted by molar-refractivity contribution is 5.98. The number of amides is 4. The van der Waals surface area contributed by atoms with Gasteiger partial charge >= 0.3 is 6.03 Å². The number of rotatable bonds is 11. The van der Waals surface area contributed by atoms with Crippen molar-refractivity contribution in [1.29, 1.82) is 0 Å². The highest BCUT2D eigenvalue weighted by atomic mass is 16.2. The molecular weight excluding hydrogens is 444 g/mol. The van der Waals surface area contributed by atoms with Crippen molar-refractivity contribution in [3.63, 3.8) is 0 Å². The van der Waals surface area contributed by atoms with E-state index in [0.29, 0.717) is 17.8 Å². The third-order valence-electron chi connectivity index (χ3n) is 5.26. The molecule has 0 saturated carbocycles. The number of unbranched alkanes of at least 4 members (excludes halogenated alkanes) is 1. The second-order valence-electron chi connectivity index (χ2n) is 7.98. The Morgan fingerprint density at radius 3 is 2.51 bits per heavy atom. The summed E-state index contributed by atoms with van der Waals surface area (Å²) in [6.45, 7) is 2.28. The smallest absolute Gasteiger partial charge is 0.319 e. The van der Waals surface area contributed by atoms with Crippen LogP contribution in [-0.4, -0.2) is 34.4 Å². The number of pyridine rings is 2. The summed E-state index contributed by atoms with van der Waals surface area (Å²) in [6.07, 6.45) is 9.50. The fourth-order valence-corrected chi connectivity index (χ4v) is 3.42. The summed E-state index contributed by atoms with van der Waals surface area (Å²) < 4.78 is 0. The van der Waals surface area contributed by atoms with E-state index >= 15 is 0 Å². The van der Waals surface area contributed by atoms with Crippen LogP contribution < -0.4 is 21.3 Å². The summed E-state index contributed by atoms with van der Waals surface area (Å²) in [5.74, 6) is -0.694. The van der Waals surface area contributed by atoms with Crippen LogP contribution in [0.5, 0.6) is 0 Å². The standard InChI is InChI=1S/C26H30N6O3/c1-2-3-9-23(21-7-5-12-28-17-21)32-24(33)18-29-25(34)20-6-4-8-22(15-20)31-26(35)30-16-19-10-13-27-14-11-19/h4-8,10-15,17,23H,2-3,9,16,18H2,1H3,(H,29,34)(H,32,33)(H2,30,31,35). The van der Waals surface area contributed by atoms with Gasteiger partial charge < -0.3 is 21.3 Å². The Morgan fingerprint density at radius 1 is 0.943 bits per heavy atom. The van der Waals surface area contributed by atoms with Gasteiger partial charge in [0, 0.05) is 42.6 Å². The molecule has 1 unspecified atom stereocenters. The lowest BCUT2D eigenvalue weighted by atomic mass is 10.0. The number of anilines is 1. The number of urea groups is 1. The third kappa shape index (κ3) is 8.54. The van der Waals surface area contributed by atoms with Gasteiger partial charge in [-0.25, -0.2) is 4.79 Å². The van der Waals surface area contributed by atoms with Crippen LogP contribution in [0.3, 0.4) is 0 Å². The van der Waals surface area contributed by atoms with Crippen molar-refractivity contribution in [3.8, 4) is 0 Å². The Kier molecular flexibility index (Phi) is 9.74. The third-order valence-corrected chi connectivity index (χ3v) is 5.26. The van der Waals surface area contributed by atoms with E-state index in [0.717, 1.165) is 30.4 Å². The summed E-state index contributed by atoms with van der Waals surface area (Å²) in [6, 6.07) is 13.3. The minimum absolute atomic E-state index is 0.161. The van der Waals surface area contributed by atoms with Crippen molar-refractivity contribution in [3.05, 3.63) is 90.0 Å². The molecule has 0 aliphatic heterocycles. The van der Waals surface area contributed by atoms with Crippen molar-refractivity contribution in [2.45, 2.75) is 38.8 Å². The number of nitrogens with zero attached hydrogens (tertiary/aromatic N) is 2. The first-order valence-corrected chi connectivity index (χ1v) is 11.6. The van der Waals surface area contributed by atoms with E-state index in [1.54, 1.807) is 49.1 Å². The molecule has 0 spiro atoms. The lowest BCUT2D eigenvalue weighted by molar-refractivity contribution is -0.120. The van der Waals surface area contributed by atoms with E-state index in [1.165, 1.54) is 0 Å². The van der Waals surface area contributed by atoms with Crippen molar-refractivity contribution < 1.29 is 14.4 Å². The Morgan fingerprint density at radius 2 is 1.77 bits per heavy atom. The number of aromatic nitrogens is 2. The fourth-order valence-electron chi connectivity index (χ4n) is 3.42. The molecular formula is C26H30N6O3. The summed E-state index contributed by atoms with van der Waals surface area (Å²) in [4.78, 5) is 45.4. The fraction of sp³-hybridized carbons (Fsp3) is 0.269. The van der Waals surface area contributed by atoms with Crippen LogP contribution in [0, 0.1) is 0 Å². The summed E-state index contributed by atoms with van der Waals surface area (Å²) in [5.41, 5.74) is 2.65. The molecule has 35 heavy (non-hydrogen) atoms. The van der Waals surface area contributed by atoms with Crippen molar-refractivity contribution in [2.75, 3.05) is 11.9 Å². The van der Waals surface area contributed by atoms with Gasteiger partial charge in [-0.1, -0.05) is 31.9 Å². The Balaban J connectivity index is 1.49. The topological polar surface area (TPSA) is 125 Å². The average molecular weight is 475 g/mol. The van der Waals surface area contributed by atoms with E-state index in [-0.39, 0.29) is 18.5 Å². The first-order valence-electron chi connectivity index (χ1n) is 11.6. The summed E-state index contributed by atoms with van der Waals surface area (Å²) in [5, 5.41) is 11.1. The molecule has 4 N–H and O–H groups in total. The second-order valence-corrected chi connectivity index (χ2v) is 7.98. The van der Waals surface area contributed by atoms with Crippen molar-refractivity contribution in [2.24, 2.45) is 0 Å². The lowest BCUT2D eigenvalue weighted by Gasteiger charge is -2.19. The first kappa shape index (κ1) is 25.4. The van der Waals surface area contributed by atoms with Crippen LogP contribution >= 0.6 is 0 Å². The quantitative estimate of drug-likeness (QED) is 0.338. The molecule has 1 aromatic carbocycles. The van der Waals surface area contributed by atoms with Gasteiger partial charge in [0.15, 0.2) is 0 Å².